The Morgan fingerprint density at radius 2 is 2.07 bits per heavy atom. The van der Waals surface area contributed by atoms with Gasteiger partial charge in [0.25, 0.3) is 0 Å². The van der Waals surface area contributed by atoms with E-state index in [1.807, 2.05) is 17.0 Å². The number of pyridine rings is 1. The highest BCUT2D eigenvalue weighted by Gasteiger charge is 2.27. The van der Waals surface area contributed by atoms with E-state index >= 15 is 0 Å². The molecule has 1 aliphatic carbocycles. The maximum absolute atomic E-state index is 12.7. The molecule has 3 heterocycles. The molecule has 2 aromatic rings. The zero-order valence-corrected chi connectivity index (χ0v) is 15.4. The van der Waals surface area contributed by atoms with Gasteiger partial charge in [0.2, 0.25) is 0 Å². The third-order valence-electron chi connectivity index (χ3n) is 5.32. The van der Waals surface area contributed by atoms with E-state index in [0.29, 0.717) is 30.7 Å². The molecular weight excluding hydrogens is 344 g/mol. The predicted molar refractivity (Wildman–Crippen MR) is 99.7 cm³/mol. The maximum Gasteiger partial charge on any atom is 0.317 e. The lowest BCUT2D eigenvalue weighted by Gasteiger charge is -2.33. The predicted octanol–water partition coefficient (Wildman–Crippen LogP) is 2.36. The van der Waals surface area contributed by atoms with Crippen LogP contribution in [0.2, 0.25) is 0 Å². The van der Waals surface area contributed by atoms with Crippen LogP contribution in [0, 0.1) is 5.92 Å². The largest absolute Gasteiger partial charge is 0.376 e. The van der Waals surface area contributed by atoms with Crippen LogP contribution >= 0.6 is 0 Å². The van der Waals surface area contributed by atoms with Crippen LogP contribution in [-0.4, -0.2) is 56.9 Å². The molecule has 144 valence electrons. The quantitative estimate of drug-likeness (QED) is 0.780. The Bertz CT molecular complexity index is 740. The number of ether oxygens (including phenoxy) is 1. The Balaban J connectivity index is 1.33. The van der Waals surface area contributed by atoms with Crippen LogP contribution in [0.5, 0.6) is 0 Å². The van der Waals surface area contributed by atoms with Crippen LogP contribution < -0.4 is 5.32 Å². The van der Waals surface area contributed by atoms with Gasteiger partial charge in [-0.15, -0.1) is 0 Å². The van der Waals surface area contributed by atoms with Crippen molar-refractivity contribution in [1.29, 1.82) is 0 Å². The number of urea groups is 1. The van der Waals surface area contributed by atoms with Gasteiger partial charge in [0.1, 0.15) is 5.82 Å². The summed E-state index contributed by atoms with van der Waals surface area (Å²) in [5.41, 5.74) is 0.892. The van der Waals surface area contributed by atoms with Gasteiger partial charge in [0.05, 0.1) is 12.6 Å². The molecule has 4 rings (SSSR count). The summed E-state index contributed by atoms with van der Waals surface area (Å²) in [4.78, 5) is 23.1. The van der Waals surface area contributed by atoms with E-state index in [0.717, 1.165) is 31.6 Å². The molecule has 2 N–H and O–H groups in total. The first kappa shape index (κ1) is 17.9. The van der Waals surface area contributed by atoms with Gasteiger partial charge in [-0.2, -0.15) is 5.10 Å². The second-order valence-corrected chi connectivity index (χ2v) is 7.34. The van der Waals surface area contributed by atoms with E-state index < -0.39 is 0 Å². The van der Waals surface area contributed by atoms with E-state index in [-0.39, 0.29) is 12.1 Å². The number of carbonyl (C=O) groups is 1. The van der Waals surface area contributed by atoms with Crippen molar-refractivity contribution in [1.82, 2.24) is 30.4 Å². The summed E-state index contributed by atoms with van der Waals surface area (Å²) in [5.74, 6) is 1.86. The van der Waals surface area contributed by atoms with Crippen LogP contribution in [-0.2, 0) is 11.3 Å². The van der Waals surface area contributed by atoms with Crippen LogP contribution in [0.3, 0.4) is 0 Å². The van der Waals surface area contributed by atoms with Crippen LogP contribution in [0.15, 0.2) is 24.5 Å². The number of carbonyl (C=O) groups excluding carboxylic acids is 1. The molecule has 2 aromatic heterocycles. The van der Waals surface area contributed by atoms with Crippen molar-refractivity contribution in [2.45, 2.75) is 44.8 Å². The summed E-state index contributed by atoms with van der Waals surface area (Å²) in [6, 6.07) is 3.65. The van der Waals surface area contributed by atoms with Crippen molar-refractivity contribution >= 4 is 6.03 Å². The normalized spacial score (nSPS) is 19.6. The number of aromatic nitrogens is 4. The average Bonchev–Trinajstić information content (AvgIpc) is 3.34. The van der Waals surface area contributed by atoms with Gasteiger partial charge in [-0.1, -0.05) is 6.42 Å². The van der Waals surface area contributed by atoms with Gasteiger partial charge < -0.3 is 15.0 Å². The molecule has 0 radical (unpaired) electrons. The fraction of sp³-hybridized carbons (Fsp3) is 0.579. The number of hydrogen-bond acceptors (Lipinski definition) is 5. The number of hydrogen-bond donors (Lipinski definition) is 2. The maximum atomic E-state index is 12.7. The van der Waals surface area contributed by atoms with Crippen LogP contribution in [0.4, 0.5) is 4.79 Å². The fourth-order valence-electron chi connectivity index (χ4n) is 3.54. The molecule has 2 fully saturated rings. The Morgan fingerprint density at radius 1 is 1.22 bits per heavy atom. The lowest BCUT2D eigenvalue weighted by Crippen LogP contribution is -2.46. The van der Waals surface area contributed by atoms with Crippen molar-refractivity contribution in [2.75, 3.05) is 19.7 Å². The van der Waals surface area contributed by atoms with Gasteiger partial charge in [-0.3, -0.25) is 10.1 Å². The van der Waals surface area contributed by atoms with E-state index in [4.69, 9.17) is 4.74 Å². The number of nitrogens with one attached hydrogen (secondary N) is 2. The average molecular weight is 370 g/mol. The molecule has 0 bridgehead atoms. The summed E-state index contributed by atoms with van der Waals surface area (Å²) in [6.07, 6.45) is 9.40. The summed E-state index contributed by atoms with van der Waals surface area (Å²) in [5, 5.41) is 10.1. The molecule has 1 atom stereocenters. The second kappa shape index (κ2) is 8.47. The second-order valence-electron chi connectivity index (χ2n) is 7.34. The molecule has 0 aromatic carbocycles. The fourth-order valence-corrected chi connectivity index (χ4v) is 3.54. The highest BCUT2D eigenvalue weighted by molar-refractivity contribution is 5.74. The molecular formula is C19H26N6O2. The van der Waals surface area contributed by atoms with E-state index in [9.17, 15) is 4.79 Å². The van der Waals surface area contributed by atoms with E-state index in [1.54, 1.807) is 12.4 Å². The first-order valence-corrected chi connectivity index (χ1v) is 9.74. The molecule has 1 unspecified atom stereocenters. The first-order valence-electron chi connectivity index (χ1n) is 9.74. The first-order chi connectivity index (χ1) is 13.3. The van der Waals surface area contributed by atoms with Crippen molar-refractivity contribution in [3.63, 3.8) is 0 Å². The zero-order chi connectivity index (χ0) is 18.5. The van der Waals surface area contributed by atoms with Gasteiger partial charge in [-0.05, 0) is 43.7 Å². The summed E-state index contributed by atoms with van der Waals surface area (Å²) >= 11 is 0. The summed E-state index contributed by atoms with van der Waals surface area (Å²) < 4.78 is 5.73. The Labute approximate surface area is 158 Å². The number of aromatic amines is 1. The number of rotatable bonds is 7. The van der Waals surface area contributed by atoms with E-state index in [2.05, 4.69) is 25.5 Å². The van der Waals surface area contributed by atoms with E-state index in [1.165, 1.54) is 19.3 Å². The topological polar surface area (TPSA) is 96.0 Å². The van der Waals surface area contributed by atoms with Gasteiger partial charge in [0, 0.05) is 37.7 Å². The number of H-pyrrole nitrogens is 1. The van der Waals surface area contributed by atoms with Crippen molar-refractivity contribution in [3.8, 4) is 11.4 Å². The van der Waals surface area contributed by atoms with Gasteiger partial charge >= 0.3 is 6.03 Å². The number of amides is 2. The molecule has 27 heavy (non-hydrogen) atoms. The minimum Gasteiger partial charge on any atom is -0.376 e. The standard InChI is InChI=1S/C19H26N6O2/c26-19(25(12-14-3-1-4-14)13-16-5-2-10-27-16)21-11-17-22-18(24-23-17)15-6-8-20-9-7-15/h6-9,14,16H,1-5,10-13H2,(H,21,26)(H,22,23,24). The number of nitrogens with zero attached hydrogens (tertiary/aromatic N) is 4. The molecule has 8 nitrogen and oxygen atoms in total. The minimum atomic E-state index is -0.0562. The highest BCUT2D eigenvalue weighted by atomic mass is 16.5. The zero-order valence-electron chi connectivity index (χ0n) is 15.4. The molecule has 0 spiro atoms. The molecule has 8 heteroatoms. The monoisotopic (exact) mass is 370 g/mol. The lowest BCUT2D eigenvalue weighted by atomic mass is 9.85. The van der Waals surface area contributed by atoms with Crippen LogP contribution in [0.25, 0.3) is 11.4 Å². The van der Waals surface area contributed by atoms with Crippen molar-refractivity contribution in [3.05, 3.63) is 30.4 Å². The SMILES string of the molecule is O=C(NCc1nc(-c2ccncc2)n[nH]1)N(CC1CCC1)CC1CCCO1. The van der Waals surface area contributed by atoms with Gasteiger partial charge in [-0.25, -0.2) is 9.78 Å². The Kier molecular flexibility index (Phi) is 5.62. The molecule has 2 amide bonds. The molecule has 1 saturated heterocycles. The Hall–Kier alpha value is -2.48. The molecule has 2 aliphatic rings. The van der Waals surface area contributed by atoms with Crippen molar-refractivity contribution in [2.24, 2.45) is 5.92 Å². The third-order valence-corrected chi connectivity index (χ3v) is 5.32. The van der Waals surface area contributed by atoms with Crippen molar-refractivity contribution < 1.29 is 9.53 Å². The Morgan fingerprint density at radius 3 is 2.78 bits per heavy atom. The van der Waals surface area contributed by atoms with Gasteiger partial charge in [0.15, 0.2) is 5.82 Å². The summed E-state index contributed by atoms with van der Waals surface area (Å²) in [7, 11) is 0. The minimum absolute atomic E-state index is 0.0562. The highest BCUT2D eigenvalue weighted by Crippen LogP contribution is 2.27. The third kappa shape index (κ3) is 4.63. The lowest BCUT2D eigenvalue weighted by molar-refractivity contribution is 0.0720. The van der Waals surface area contributed by atoms with Crippen LogP contribution in [0.1, 0.15) is 37.9 Å². The molecule has 1 aliphatic heterocycles. The molecule has 1 saturated carbocycles. The smallest absolute Gasteiger partial charge is 0.317 e. The summed E-state index contributed by atoms with van der Waals surface area (Å²) in [6.45, 7) is 2.61.